The predicted octanol–water partition coefficient (Wildman–Crippen LogP) is 3.45. The van der Waals surface area contributed by atoms with Gasteiger partial charge in [-0.25, -0.2) is 13.4 Å². The first-order chi connectivity index (χ1) is 12.8. The summed E-state index contributed by atoms with van der Waals surface area (Å²) in [6.07, 6.45) is 3.35. The zero-order valence-corrected chi connectivity index (χ0v) is 16.6. The number of ether oxygens (including phenoxy) is 1. The van der Waals surface area contributed by atoms with Crippen molar-refractivity contribution in [3.8, 4) is 11.3 Å². The minimum Gasteiger partial charge on any atom is -0.373 e. The topological polar surface area (TPSA) is 63.9 Å². The van der Waals surface area contributed by atoms with E-state index in [0.717, 1.165) is 11.2 Å². The zero-order chi connectivity index (χ0) is 19.2. The number of aromatic nitrogens is 2. The summed E-state index contributed by atoms with van der Waals surface area (Å²) in [6.45, 7) is 4.47. The summed E-state index contributed by atoms with van der Waals surface area (Å²) in [4.78, 5) is 4.82. The first kappa shape index (κ1) is 18.4. The predicted molar refractivity (Wildman–Crippen MR) is 104 cm³/mol. The van der Waals surface area contributed by atoms with E-state index in [-0.39, 0.29) is 17.1 Å². The van der Waals surface area contributed by atoms with E-state index in [0.29, 0.717) is 23.8 Å². The van der Waals surface area contributed by atoms with Crippen LogP contribution in [-0.4, -0.2) is 47.4 Å². The lowest BCUT2D eigenvalue weighted by Gasteiger charge is -2.34. The number of benzene rings is 1. The molecule has 3 heterocycles. The smallest absolute Gasteiger partial charge is 0.243 e. The van der Waals surface area contributed by atoms with E-state index in [4.69, 9.17) is 16.3 Å². The molecular formula is C19H20ClN3O3S. The number of pyridine rings is 1. The molecule has 0 saturated carbocycles. The van der Waals surface area contributed by atoms with Gasteiger partial charge in [-0.05, 0) is 38.1 Å². The normalized spacial score (nSPS) is 21.6. The van der Waals surface area contributed by atoms with Crippen LogP contribution in [0.2, 0.25) is 5.02 Å². The van der Waals surface area contributed by atoms with E-state index in [1.807, 2.05) is 36.6 Å². The average molecular weight is 406 g/mol. The van der Waals surface area contributed by atoms with Crippen LogP contribution in [0, 0.1) is 0 Å². The lowest BCUT2D eigenvalue weighted by molar-refractivity contribution is -0.0440. The van der Waals surface area contributed by atoms with Crippen LogP contribution in [0.3, 0.4) is 0 Å². The number of morpholine rings is 1. The van der Waals surface area contributed by atoms with E-state index in [1.165, 1.54) is 4.31 Å². The Bertz CT molecular complexity index is 1090. The summed E-state index contributed by atoms with van der Waals surface area (Å²) in [6, 6.07) is 10.5. The van der Waals surface area contributed by atoms with Gasteiger partial charge in [0.05, 0.1) is 27.8 Å². The standard InChI is InChI=1S/C19H20ClN3O3S/c1-13-9-23(10-14(2)26-13)27(24,25)17-5-3-4-15(8-17)18-12-22-11-16(20)6-7-19(22)21-18/h3-8,11-14H,9-10H2,1-2H3/t13-,14-/m0/s1. The Morgan fingerprint density at radius 3 is 2.59 bits per heavy atom. The Labute approximate surface area is 163 Å². The van der Waals surface area contributed by atoms with Crippen LogP contribution in [0.25, 0.3) is 16.9 Å². The van der Waals surface area contributed by atoms with Gasteiger partial charge in [-0.3, -0.25) is 0 Å². The fourth-order valence-electron chi connectivity index (χ4n) is 3.40. The third-order valence-corrected chi connectivity index (χ3v) is 6.62. The molecule has 0 amide bonds. The van der Waals surface area contributed by atoms with Crippen molar-refractivity contribution in [1.29, 1.82) is 0 Å². The quantitative estimate of drug-likeness (QED) is 0.669. The summed E-state index contributed by atoms with van der Waals surface area (Å²) >= 11 is 6.02. The molecule has 1 aliphatic rings. The van der Waals surface area contributed by atoms with Gasteiger partial charge in [0.1, 0.15) is 5.65 Å². The number of sulfonamides is 1. The molecule has 2 atom stereocenters. The third kappa shape index (κ3) is 3.60. The first-order valence-corrected chi connectivity index (χ1v) is 10.5. The molecule has 0 spiro atoms. The second-order valence-electron chi connectivity index (χ2n) is 6.85. The maximum atomic E-state index is 13.1. The van der Waals surface area contributed by atoms with Gasteiger partial charge in [0.25, 0.3) is 0 Å². The number of rotatable bonds is 3. The molecule has 0 N–H and O–H groups in total. The van der Waals surface area contributed by atoms with Crippen molar-refractivity contribution >= 4 is 27.3 Å². The van der Waals surface area contributed by atoms with Gasteiger partial charge in [-0.15, -0.1) is 0 Å². The second kappa shape index (κ2) is 6.91. The minimum absolute atomic E-state index is 0.130. The monoisotopic (exact) mass is 405 g/mol. The maximum absolute atomic E-state index is 13.1. The van der Waals surface area contributed by atoms with Crippen LogP contribution in [0.5, 0.6) is 0 Å². The van der Waals surface area contributed by atoms with Gasteiger partial charge < -0.3 is 9.14 Å². The highest BCUT2D eigenvalue weighted by atomic mass is 35.5. The second-order valence-corrected chi connectivity index (χ2v) is 9.22. The number of halogens is 1. The number of nitrogens with zero attached hydrogens (tertiary/aromatic N) is 3. The third-order valence-electron chi connectivity index (χ3n) is 4.57. The summed E-state index contributed by atoms with van der Waals surface area (Å²) in [5.74, 6) is 0. The highest BCUT2D eigenvalue weighted by molar-refractivity contribution is 7.89. The highest BCUT2D eigenvalue weighted by Crippen LogP contribution is 2.26. The van der Waals surface area contributed by atoms with Gasteiger partial charge in [-0.2, -0.15) is 4.31 Å². The largest absolute Gasteiger partial charge is 0.373 e. The van der Waals surface area contributed by atoms with Crippen molar-refractivity contribution in [1.82, 2.24) is 13.7 Å². The van der Waals surface area contributed by atoms with Crippen LogP contribution in [0.4, 0.5) is 0 Å². The fourth-order valence-corrected chi connectivity index (χ4v) is 5.20. The van der Waals surface area contributed by atoms with Crippen molar-refractivity contribution in [2.45, 2.75) is 31.0 Å². The number of hydrogen-bond donors (Lipinski definition) is 0. The molecule has 0 bridgehead atoms. The molecule has 6 nitrogen and oxygen atoms in total. The Morgan fingerprint density at radius 2 is 1.85 bits per heavy atom. The highest BCUT2D eigenvalue weighted by Gasteiger charge is 2.32. The van der Waals surface area contributed by atoms with Gasteiger partial charge >= 0.3 is 0 Å². The molecule has 1 fully saturated rings. The van der Waals surface area contributed by atoms with E-state index in [2.05, 4.69) is 4.98 Å². The lowest BCUT2D eigenvalue weighted by atomic mass is 10.2. The molecule has 3 aromatic rings. The average Bonchev–Trinajstić information content (AvgIpc) is 3.04. The van der Waals surface area contributed by atoms with Crippen molar-refractivity contribution in [3.63, 3.8) is 0 Å². The van der Waals surface area contributed by atoms with Crippen molar-refractivity contribution < 1.29 is 13.2 Å². The van der Waals surface area contributed by atoms with Crippen LogP contribution < -0.4 is 0 Å². The molecular weight excluding hydrogens is 386 g/mol. The number of imidazole rings is 1. The molecule has 2 aromatic heterocycles. The zero-order valence-electron chi connectivity index (χ0n) is 15.0. The van der Waals surface area contributed by atoms with Gasteiger partial charge in [0, 0.05) is 31.0 Å². The minimum atomic E-state index is -3.60. The summed E-state index contributed by atoms with van der Waals surface area (Å²) < 4.78 is 35.2. The van der Waals surface area contributed by atoms with E-state index < -0.39 is 10.0 Å². The molecule has 1 aliphatic heterocycles. The van der Waals surface area contributed by atoms with Crippen molar-refractivity contribution in [2.24, 2.45) is 0 Å². The van der Waals surface area contributed by atoms with E-state index >= 15 is 0 Å². The van der Waals surface area contributed by atoms with Gasteiger partial charge in [0.15, 0.2) is 0 Å². The van der Waals surface area contributed by atoms with Crippen LogP contribution in [0.1, 0.15) is 13.8 Å². The van der Waals surface area contributed by atoms with Crippen LogP contribution in [0.15, 0.2) is 53.7 Å². The number of fused-ring (bicyclic) bond motifs is 1. The lowest BCUT2D eigenvalue weighted by Crippen LogP contribution is -2.48. The molecule has 27 heavy (non-hydrogen) atoms. The summed E-state index contributed by atoms with van der Waals surface area (Å²) in [5, 5.41) is 0.610. The van der Waals surface area contributed by atoms with Crippen molar-refractivity contribution in [3.05, 3.63) is 53.8 Å². The molecule has 0 radical (unpaired) electrons. The summed E-state index contributed by atoms with van der Waals surface area (Å²) in [5.41, 5.74) is 2.18. The molecule has 0 unspecified atom stereocenters. The Balaban J connectivity index is 1.71. The molecule has 8 heteroatoms. The SMILES string of the molecule is C[C@H]1CN(S(=O)(=O)c2cccc(-c3cn4cc(Cl)ccc4n3)c2)C[C@H](C)O1. The Kier molecular flexibility index (Phi) is 4.71. The molecule has 0 aliphatic carbocycles. The van der Waals surface area contributed by atoms with Gasteiger partial charge in [0.2, 0.25) is 10.0 Å². The van der Waals surface area contributed by atoms with E-state index in [1.54, 1.807) is 30.5 Å². The maximum Gasteiger partial charge on any atom is 0.243 e. The Hall–Kier alpha value is -1.93. The molecule has 4 rings (SSSR count). The molecule has 1 aromatic carbocycles. The van der Waals surface area contributed by atoms with Gasteiger partial charge in [-0.1, -0.05) is 23.7 Å². The molecule has 1 saturated heterocycles. The first-order valence-electron chi connectivity index (χ1n) is 8.73. The summed E-state index contributed by atoms with van der Waals surface area (Å²) in [7, 11) is -3.60. The van der Waals surface area contributed by atoms with Crippen LogP contribution in [-0.2, 0) is 14.8 Å². The fraction of sp³-hybridized carbons (Fsp3) is 0.316. The van der Waals surface area contributed by atoms with E-state index in [9.17, 15) is 8.42 Å². The molecule has 142 valence electrons. The Morgan fingerprint density at radius 1 is 1.11 bits per heavy atom. The number of hydrogen-bond acceptors (Lipinski definition) is 4. The van der Waals surface area contributed by atoms with Crippen LogP contribution >= 0.6 is 11.6 Å². The van der Waals surface area contributed by atoms with Crippen molar-refractivity contribution in [2.75, 3.05) is 13.1 Å².